The molecule has 2 heteroatoms. The van der Waals surface area contributed by atoms with E-state index in [4.69, 9.17) is 4.84 Å². The van der Waals surface area contributed by atoms with Crippen LogP contribution in [0.3, 0.4) is 0 Å². The highest BCUT2D eigenvalue weighted by molar-refractivity contribution is 5.15. The summed E-state index contributed by atoms with van der Waals surface area (Å²) in [4.78, 5) is 4.83. The van der Waals surface area contributed by atoms with Gasteiger partial charge in [0, 0.05) is 6.04 Å². The average Bonchev–Trinajstić information content (AvgIpc) is 2.06. The largest absolute Gasteiger partial charge is 0.305 e. The van der Waals surface area contributed by atoms with Crippen LogP contribution >= 0.6 is 0 Å². The molecule has 66 valence electrons. The number of hydrogen-bond donors (Lipinski definition) is 1. The Morgan fingerprint density at radius 1 is 1.33 bits per heavy atom. The summed E-state index contributed by atoms with van der Waals surface area (Å²) < 4.78 is 0. The summed E-state index contributed by atoms with van der Waals surface area (Å²) >= 11 is 0. The zero-order valence-corrected chi connectivity index (χ0v) is 7.58. The molecule has 1 aromatic carbocycles. The molecule has 0 amide bonds. The third-order valence-electron chi connectivity index (χ3n) is 1.70. The second-order valence-electron chi connectivity index (χ2n) is 2.91. The van der Waals surface area contributed by atoms with Crippen LogP contribution in [0.15, 0.2) is 30.3 Å². The van der Waals surface area contributed by atoms with Crippen LogP contribution in [0.25, 0.3) is 0 Å². The van der Waals surface area contributed by atoms with Crippen LogP contribution in [-0.2, 0) is 11.3 Å². The van der Waals surface area contributed by atoms with Gasteiger partial charge in [0.05, 0.1) is 7.11 Å². The molecular weight excluding hydrogens is 150 g/mol. The first-order valence-electron chi connectivity index (χ1n) is 4.15. The standard InChI is InChI=1S/C10H15NO/c1-9(11-12-2)8-10-6-4-3-5-7-10/h3-7,9,11H,8H2,1-2H3/t9-/m0/s1. The monoisotopic (exact) mass is 165 g/mol. The summed E-state index contributed by atoms with van der Waals surface area (Å²) in [7, 11) is 1.64. The Labute approximate surface area is 73.5 Å². The van der Waals surface area contributed by atoms with Gasteiger partial charge in [0.15, 0.2) is 0 Å². The quantitative estimate of drug-likeness (QED) is 0.686. The van der Waals surface area contributed by atoms with Crippen LogP contribution in [0.2, 0.25) is 0 Å². The molecule has 0 aromatic heterocycles. The second kappa shape index (κ2) is 4.91. The third kappa shape index (κ3) is 3.03. The summed E-state index contributed by atoms with van der Waals surface area (Å²) in [5, 5.41) is 0. The Hall–Kier alpha value is -0.860. The first-order valence-corrected chi connectivity index (χ1v) is 4.15. The van der Waals surface area contributed by atoms with Gasteiger partial charge in [-0.2, -0.15) is 5.48 Å². The van der Waals surface area contributed by atoms with E-state index in [1.54, 1.807) is 7.11 Å². The van der Waals surface area contributed by atoms with E-state index in [1.165, 1.54) is 5.56 Å². The highest BCUT2D eigenvalue weighted by Gasteiger charge is 2.00. The van der Waals surface area contributed by atoms with Crippen molar-refractivity contribution in [3.05, 3.63) is 35.9 Å². The molecule has 0 aliphatic rings. The summed E-state index contributed by atoms with van der Waals surface area (Å²) in [6, 6.07) is 10.7. The lowest BCUT2D eigenvalue weighted by atomic mass is 10.1. The molecule has 0 aliphatic heterocycles. The summed E-state index contributed by atoms with van der Waals surface area (Å²) in [5.74, 6) is 0. The van der Waals surface area contributed by atoms with Crippen molar-refractivity contribution in [2.24, 2.45) is 0 Å². The molecule has 12 heavy (non-hydrogen) atoms. The van der Waals surface area contributed by atoms with E-state index in [9.17, 15) is 0 Å². The number of rotatable bonds is 4. The first kappa shape index (κ1) is 9.23. The fourth-order valence-electron chi connectivity index (χ4n) is 1.21. The molecule has 1 atom stereocenters. The lowest BCUT2D eigenvalue weighted by Gasteiger charge is -2.10. The normalized spacial score (nSPS) is 12.8. The molecule has 0 unspecified atom stereocenters. The van der Waals surface area contributed by atoms with Gasteiger partial charge in [0.2, 0.25) is 0 Å². The summed E-state index contributed by atoms with van der Waals surface area (Å²) in [5.41, 5.74) is 4.22. The number of nitrogens with one attached hydrogen (secondary N) is 1. The van der Waals surface area contributed by atoms with Crippen molar-refractivity contribution < 1.29 is 4.84 Å². The molecule has 0 heterocycles. The molecule has 0 saturated carbocycles. The van der Waals surface area contributed by atoms with Gasteiger partial charge >= 0.3 is 0 Å². The van der Waals surface area contributed by atoms with Crippen molar-refractivity contribution in [3.8, 4) is 0 Å². The molecule has 0 saturated heterocycles. The maximum atomic E-state index is 4.83. The Kier molecular flexibility index (Phi) is 3.77. The van der Waals surface area contributed by atoms with Crippen LogP contribution in [0, 0.1) is 0 Å². The highest BCUT2D eigenvalue weighted by Crippen LogP contribution is 2.01. The minimum atomic E-state index is 0.359. The Morgan fingerprint density at radius 2 is 2.00 bits per heavy atom. The van der Waals surface area contributed by atoms with Gasteiger partial charge in [-0.25, -0.2) is 0 Å². The van der Waals surface area contributed by atoms with E-state index in [0.29, 0.717) is 6.04 Å². The molecule has 0 radical (unpaired) electrons. The molecular formula is C10H15NO. The van der Waals surface area contributed by atoms with Gasteiger partial charge in [0.25, 0.3) is 0 Å². The predicted molar refractivity (Wildman–Crippen MR) is 49.8 cm³/mol. The van der Waals surface area contributed by atoms with Crippen molar-refractivity contribution in [2.75, 3.05) is 7.11 Å². The van der Waals surface area contributed by atoms with Gasteiger partial charge in [-0.05, 0) is 18.9 Å². The molecule has 0 fully saturated rings. The Bertz CT molecular complexity index is 210. The van der Waals surface area contributed by atoms with E-state index >= 15 is 0 Å². The van der Waals surface area contributed by atoms with E-state index in [2.05, 4.69) is 36.7 Å². The first-order chi connectivity index (χ1) is 5.83. The van der Waals surface area contributed by atoms with Crippen molar-refractivity contribution in [1.82, 2.24) is 5.48 Å². The molecule has 0 aliphatic carbocycles. The maximum Gasteiger partial charge on any atom is 0.0572 e. The summed E-state index contributed by atoms with van der Waals surface area (Å²) in [6.45, 7) is 2.09. The highest BCUT2D eigenvalue weighted by atomic mass is 16.6. The van der Waals surface area contributed by atoms with E-state index in [1.807, 2.05) is 6.07 Å². The van der Waals surface area contributed by atoms with Gasteiger partial charge in [-0.1, -0.05) is 30.3 Å². The lowest BCUT2D eigenvalue weighted by Crippen LogP contribution is -2.26. The van der Waals surface area contributed by atoms with Crippen LogP contribution < -0.4 is 5.48 Å². The number of benzene rings is 1. The molecule has 1 aromatic rings. The SMILES string of the molecule is CON[C@@H](C)Cc1ccccc1. The lowest BCUT2D eigenvalue weighted by molar-refractivity contribution is 0.0661. The fraction of sp³-hybridized carbons (Fsp3) is 0.400. The molecule has 0 spiro atoms. The van der Waals surface area contributed by atoms with Gasteiger partial charge in [-0.3, -0.25) is 0 Å². The zero-order chi connectivity index (χ0) is 8.81. The van der Waals surface area contributed by atoms with Crippen molar-refractivity contribution in [1.29, 1.82) is 0 Å². The molecule has 1 rings (SSSR count). The Morgan fingerprint density at radius 3 is 2.58 bits per heavy atom. The van der Waals surface area contributed by atoms with Crippen LogP contribution in [0.4, 0.5) is 0 Å². The molecule has 2 nitrogen and oxygen atoms in total. The summed E-state index contributed by atoms with van der Waals surface area (Å²) in [6.07, 6.45) is 0.995. The maximum absolute atomic E-state index is 4.83. The van der Waals surface area contributed by atoms with E-state index in [-0.39, 0.29) is 0 Å². The van der Waals surface area contributed by atoms with Crippen molar-refractivity contribution in [3.63, 3.8) is 0 Å². The van der Waals surface area contributed by atoms with E-state index in [0.717, 1.165) is 6.42 Å². The number of hydroxylamine groups is 1. The smallest absolute Gasteiger partial charge is 0.0572 e. The van der Waals surface area contributed by atoms with Crippen LogP contribution in [0.5, 0.6) is 0 Å². The van der Waals surface area contributed by atoms with Gasteiger partial charge in [-0.15, -0.1) is 0 Å². The van der Waals surface area contributed by atoms with Crippen molar-refractivity contribution in [2.45, 2.75) is 19.4 Å². The minimum absolute atomic E-state index is 0.359. The topological polar surface area (TPSA) is 21.3 Å². The van der Waals surface area contributed by atoms with Crippen LogP contribution in [0.1, 0.15) is 12.5 Å². The molecule has 1 N–H and O–H groups in total. The van der Waals surface area contributed by atoms with Crippen LogP contribution in [-0.4, -0.2) is 13.2 Å². The second-order valence-corrected chi connectivity index (χ2v) is 2.91. The minimum Gasteiger partial charge on any atom is -0.305 e. The van der Waals surface area contributed by atoms with E-state index < -0.39 is 0 Å². The fourth-order valence-corrected chi connectivity index (χ4v) is 1.21. The third-order valence-corrected chi connectivity index (χ3v) is 1.70. The van der Waals surface area contributed by atoms with Gasteiger partial charge in [0.1, 0.15) is 0 Å². The van der Waals surface area contributed by atoms with Crippen molar-refractivity contribution >= 4 is 0 Å². The Balaban J connectivity index is 2.41. The number of hydrogen-bond acceptors (Lipinski definition) is 2. The zero-order valence-electron chi connectivity index (χ0n) is 7.58. The average molecular weight is 165 g/mol. The van der Waals surface area contributed by atoms with Gasteiger partial charge < -0.3 is 4.84 Å². The predicted octanol–water partition coefficient (Wildman–Crippen LogP) is 1.77. The molecule has 0 bridgehead atoms.